The van der Waals surface area contributed by atoms with Gasteiger partial charge in [-0.2, -0.15) is 0 Å². The minimum atomic E-state index is -0.272. The van der Waals surface area contributed by atoms with Crippen LogP contribution in [0.4, 0.5) is 0 Å². The van der Waals surface area contributed by atoms with Gasteiger partial charge in [0, 0.05) is 18.0 Å². The standard InChI is InChI=1S/C15H22N2O2/c1-11(13(16)12-6-4-3-5-7-12)14(18)17-8-15(2)9-19-10-15/h3-7,11,13H,8-10,16H2,1-2H3,(H,17,18). The van der Waals surface area contributed by atoms with E-state index < -0.39 is 0 Å². The van der Waals surface area contributed by atoms with Gasteiger partial charge in [-0.25, -0.2) is 0 Å². The molecule has 4 nitrogen and oxygen atoms in total. The fraction of sp³-hybridized carbons (Fsp3) is 0.533. The Bertz CT molecular complexity index is 429. The highest BCUT2D eigenvalue weighted by Gasteiger charge is 2.34. The number of ether oxygens (including phenoxy) is 1. The molecule has 1 saturated heterocycles. The van der Waals surface area contributed by atoms with E-state index >= 15 is 0 Å². The van der Waals surface area contributed by atoms with E-state index in [1.807, 2.05) is 37.3 Å². The van der Waals surface area contributed by atoms with Crippen LogP contribution in [0, 0.1) is 11.3 Å². The first-order chi connectivity index (χ1) is 9.02. The molecule has 0 aromatic heterocycles. The molecule has 1 aromatic rings. The van der Waals surface area contributed by atoms with Crippen molar-refractivity contribution < 1.29 is 9.53 Å². The third-order valence-corrected chi connectivity index (χ3v) is 3.73. The van der Waals surface area contributed by atoms with Crippen molar-refractivity contribution in [2.24, 2.45) is 17.1 Å². The number of nitrogens with one attached hydrogen (secondary N) is 1. The van der Waals surface area contributed by atoms with Crippen LogP contribution in [0.2, 0.25) is 0 Å². The molecular formula is C15H22N2O2. The lowest BCUT2D eigenvalue weighted by Gasteiger charge is -2.38. The quantitative estimate of drug-likeness (QED) is 0.844. The van der Waals surface area contributed by atoms with Crippen molar-refractivity contribution in [3.05, 3.63) is 35.9 Å². The maximum atomic E-state index is 12.1. The van der Waals surface area contributed by atoms with Gasteiger partial charge in [0.05, 0.1) is 19.1 Å². The molecule has 0 bridgehead atoms. The van der Waals surface area contributed by atoms with Crippen LogP contribution >= 0.6 is 0 Å². The lowest BCUT2D eigenvalue weighted by Crippen LogP contribution is -2.50. The second kappa shape index (κ2) is 5.72. The predicted molar refractivity (Wildman–Crippen MR) is 74.5 cm³/mol. The molecule has 2 rings (SSSR count). The van der Waals surface area contributed by atoms with E-state index in [1.165, 1.54) is 0 Å². The van der Waals surface area contributed by atoms with Crippen LogP contribution in [0.5, 0.6) is 0 Å². The molecule has 0 saturated carbocycles. The van der Waals surface area contributed by atoms with Crippen LogP contribution in [-0.2, 0) is 9.53 Å². The first-order valence-corrected chi connectivity index (χ1v) is 6.68. The lowest BCUT2D eigenvalue weighted by atomic mass is 9.88. The average molecular weight is 262 g/mol. The molecular weight excluding hydrogens is 240 g/mol. The van der Waals surface area contributed by atoms with Crippen LogP contribution in [0.1, 0.15) is 25.5 Å². The molecule has 1 heterocycles. The molecule has 2 unspecified atom stereocenters. The van der Waals surface area contributed by atoms with E-state index in [1.54, 1.807) is 0 Å². The average Bonchev–Trinajstić information content (AvgIpc) is 2.42. The van der Waals surface area contributed by atoms with E-state index in [-0.39, 0.29) is 23.3 Å². The summed E-state index contributed by atoms with van der Waals surface area (Å²) in [6.07, 6.45) is 0. The van der Waals surface area contributed by atoms with Gasteiger partial charge in [0.1, 0.15) is 0 Å². The summed E-state index contributed by atoms with van der Waals surface area (Å²) in [4.78, 5) is 12.1. The number of carbonyl (C=O) groups excluding carboxylic acids is 1. The van der Waals surface area contributed by atoms with E-state index in [9.17, 15) is 4.79 Å². The molecule has 1 amide bonds. The van der Waals surface area contributed by atoms with E-state index in [0.29, 0.717) is 19.8 Å². The number of benzene rings is 1. The van der Waals surface area contributed by atoms with Crippen molar-refractivity contribution in [2.45, 2.75) is 19.9 Å². The highest BCUT2D eigenvalue weighted by Crippen LogP contribution is 2.25. The normalized spacial score (nSPS) is 20.2. The fourth-order valence-corrected chi connectivity index (χ4v) is 2.14. The number of hydrogen-bond acceptors (Lipinski definition) is 3. The highest BCUT2D eigenvalue weighted by atomic mass is 16.5. The van der Waals surface area contributed by atoms with E-state index in [2.05, 4.69) is 12.2 Å². The van der Waals surface area contributed by atoms with Crippen molar-refractivity contribution in [1.29, 1.82) is 0 Å². The number of amides is 1. The smallest absolute Gasteiger partial charge is 0.224 e. The highest BCUT2D eigenvalue weighted by molar-refractivity contribution is 5.79. The van der Waals surface area contributed by atoms with Crippen LogP contribution < -0.4 is 11.1 Å². The molecule has 19 heavy (non-hydrogen) atoms. The number of hydrogen-bond donors (Lipinski definition) is 2. The van der Waals surface area contributed by atoms with Gasteiger partial charge in [0.25, 0.3) is 0 Å². The fourth-order valence-electron chi connectivity index (χ4n) is 2.14. The number of carbonyl (C=O) groups is 1. The van der Waals surface area contributed by atoms with E-state index in [4.69, 9.17) is 10.5 Å². The number of rotatable bonds is 5. The molecule has 104 valence electrons. The van der Waals surface area contributed by atoms with Gasteiger partial charge < -0.3 is 15.8 Å². The van der Waals surface area contributed by atoms with Gasteiger partial charge in [0.15, 0.2) is 0 Å². The Hall–Kier alpha value is -1.39. The molecule has 1 fully saturated rings. The Morgan fingerprint density at radius 3 is 2.58 bits per heavy atom. The van der Waals surface area contributed by atoms with Crippen LogP contribution in [0.15, 0.2) is 30.3 Å². The van der Waals surface area contributed by atoms with Crippen LogP contribution in [-0.4, -0.2) is 25.7 Å². The molecule has 3 N–H and O–H groups in total. The Labute approximate surface area is 114 Å². The minimum Gasteiger partial charge on any atom is -0.380 e. The monoisotopic (exact) mass is 262 g/mol. The second-order valence-electron chi connectivity index (χ2n) is 5.75. The lowest BCUT2D eigenvalue weighted by molar-refractivity contribution is -0.130. The first-order valence-electron chi connectivity index (χ1n) is 6.68. The maximum absolute atomic E-state index is 12.1. The summed E-state index contributed by atoms with van der Waals surface area (Å²) in [5, 5.41) is 2.98. The third kappa shape index (κ3) is 3.33. The summed E-state index contributed by atoms with van der Waals surface area (Å²) < 4.78 is 5.17. The van der Waals surface area contributed by atoms with Crippen molar-refractivity contribution in [3.63, 3.8) is 0 Å². The third-order valence-electron chi connectivity index (χ3n) is 3.73. The summed E-state index contributed by atoms with van der Waals surface area (Å²) in [6, 6.07) is 9.45. The Morgan fingerprint density at radius 2 is 2.05 bits per heavy atom. The first kappa shape index (κ1) is 14.0. The predicted octanol–water partition coefficient (Wildman–Crippen LogP) is 1.48. The molecule has 1 aromatic carbocycles. The topological polar surface area (TPSA) is 64.3 Å². The Kier molecular flexibility index (Phi) is 4.22. The summed E-state index contributed by atoms with van der Waals surface area (Å²) in [7, 11) is 0. The van der Waals surface area contributed by atoms with Gasteiger partial charge in [-0.05, 0) is 5.56 Å². The summed E-state index contributed by atoms with van der Waals surface area (Å²) in [5.74, 6) is -0.239. The second-order valence-corrected chi connectivity index (χ2v) is 5.75. The molecule has 0 aliphatic carbocycles. The minimum absolute atomic E-state index is 0.00415. The molecule has 0 spiro atoms. The van der Waals surface area contributed by atoms with Gasteiger partial charge in [-0.15, -0.1) is 0 Å². The van der Waals surface area contributed by atoms with E-state index in [0.717, 1.165) is 5.56 Å². The molecule has 2 atom stereocenters. The van der Waals surface area contributed by atoms with Crippen LogP contribution in [0.3, 0.4) is 0 Å². The summed E-state index contributed by atoms with van der Waals surface area (Å²) in [6.45, 7) is 6.06. The molecule has 4 heteroatoms. The van der Waals surface area contributed by atoms with Crippen molar-refractivity contribution in [1.82, 2.24) is 5.32 Å². The molecule has 1 aliphatic rings. The van der Waals surface area contributed by atoms with Gasteiger partial charge in [-0.1, -0.05) is 44.2 Å². The summed E-state index contributed by atoms with van der Waals surface area (Å²) in [5.41, 5.74) is 7.22. The van der Waals surface area contributed by atoms with Crippen LogP contribution in [0.25, 0.3) is 0 Å². The molecule has 0 radical (unpaired) electrons. The zero-order chi connectivity index (χ0) is 13.9. The van der Waals surface area contributed by atoms with Gasteiger partial charge in [-0.3, -0.25) is 4.79 Å². The largest absolute Gasteiger partial charge is 0.380 e. The Morgan fingerprint density at radius 1 is 1.42 bits per heavy atom. The van der Waals surface area contributed by atoms with Crippen molar-refractivity contribution >= 4 is 5.91 Å². The van der Waals surface area contributed by atoms with Gasteiger partial charge in [0.2, 0.25) is 5.91 Å². The van der Waals surface area contributed by atoms with Crippen molar-refractivity contribution in [2.75, 3.05) is 19.8 Å². The van der Waals surface area contributed by atoms with Crippen molar-refractivity contribution in [3.8, 4) is 0 Å². The summed E-state index contributed by atoms with van der Waals surface area (Å²) >= 11 is 0. The molecule has 1 aliphatic heterocycles. The zero-order valence-corrected chi connectivity index (χ0v) is 11.6. The van der Waals surface area contributed by atoms with Gasteiger partial charge >= 0.3 is 0 Å². The maximum Gasteiger partial charge on any atom is 0.224 e. The Balaban J connectivity index is 1.88. The zero-order valence-electron chi connectivity index (χ0n) is 11.6. The SMILES string of the molecule is CC(C(=O)NCC1(C)COC1)C(N)c1ccccc1. The number of nitrogens with two attached hydrogens (primary N) is 1.